The van der Waals surface area contributed by atoms with E-state index in [9.17, 15) is 21.6 Å². The maximum Gasteiger partial charge on any atom is 0.418 e. The summed E-state index contributed by atoms with van der Waals surface area (Å²) >= 11 is 0. The van der Waals surface area contributed by atoms with Crippen molar-refractivity contribution >= 4 is 15.5 Å². The Bertz CT molecular complexity index is 591. The summed E-state index contributed by atoms with van der Waals surface area (Å²) < 4.78 is 61.6. The second-order valence-electron chi connectivity index (χ2n) is 4.79. The van der Waals surface area contributed by atoms with Crippen molar-refractivity contribution in [3.05, 3.63) is 23.8 Å². The molecule has 18 heavy (non-hydrogen) atoms. The first-order chi connectivity index (χ1) is 8.07. The molecular weight excluding hydrogens is 267 g/mol. The molecule has 0 spiro atoms. The highest BCUT2D eigenvalue weighted by atomic mass is 32.2. The minimum absolute atomic E-state index is 0.0462. The number of sulfone groups is 1. The Labute approximate surface area is 103 Å². The Morgan fingerprint density at radius 2 is 1.89 bits per heavy atom. The van der Waals surface area contributed by atoms with Crippen molar-refractivity contribution in [2.45, 2.75) is 29.7 Å². The van der Waals surface area contributed by atoms with Gasteiger partial charge in [0.15, 0.2) is 9.84 Å². The Morgan fingerprint density at radius 3 is 2.44 bits per heavy atom. The number of hydrogen-bond donors (Lipinski definition) is 1. The van der Waals surface area contributed by atoms with E-state index in [4.69, 9.17) is 0 Å². The molecule has 1 aliphatic heterocycles. The van der Waals surface area contributed by atoms with Gasteiger partial charge in [-0.1, -0.05) is 6.07 Å². The first-order valence-electron chi connectivity index (χ1n) is 5.26. The number of fused-ring (bicyclic) bond motifs is 1. The van der Waals surface area contributed by atoms with Gasteiger partial charge in [0.25, 0.3) is 0 Å². The van der Waals surface area contributed by atoms with Crippen LogP contribution in [0.15, 0.2) is 23.1 Å². The fourth-order valence-corrected chi connectivity index (χ4v) is 3.43. The molecule has 0 saturated heterocycles. The summed E-state index contributed by atoms with van der Waals surface area (Å²) in [5.74, 6) is 0. The number of alkyl halides is 3. The largest absolute Gasteiger partial charge is 0.418 e. The van der Waals surface area contributed by atoms with Gasteiger partial charge in [0.1, 0.15) is 0 Å². The summed E-state index contributed by atoms with van der Waals surface area (Å²) in [4.78, 5) is -0.284. The number of anilines is 1. The van der Waals surface area contributed by atoms with Crippen molar-refractivity contribution in [3.8, 4) is 0 Å². The van der Waals surface area contributed by atoms with Crippen molar-refractivity contribution in [1.29, 1.82) is 0 Å². The highest BCUT2D eigenvalue weighted by Crippen LogP contribution is 2.43. The Kier molecular flexibility index (Phi) is 2.66. The van der Waals surface area contributed by atoms with E-state index in [0.717, 1.165) is 12.1 Å². The van der Waals surface area contributed by atoms with Crippen LogP contribution in [-0.2, 0) is 16.0 Å². The van der Waals surface area contributed by atoms with E-state index in [0.29, 0.717) is 0 Å². The third kappa shape index (κ3) is 1.77. The van der Waals surface area contributed by atoms with Crippen LogP contribution in [0.2, 0.25) is 0 Å². The van der Waals surface area contributed by atoms with Crippen LogP contribution in [0.5, 0.6) is 0 Å². The monoisotopic (exact) mass is 279 g/mol. The molecule has 1 aromatic rings. The van der Waals surface area contributed by atoms with Crippen LogP contribution < -0.4 is 5.32 Å². The number of hydrogen-bond acceptors (Lipinski definition) is 3. The summed E-state index contributed by atoms with van der Waals surface area (Å²) in [6, 6.07) is 3.19. The fraction of sp³-hybridized carbons (Fsp3) is 0.455. The number of para-hydroxylation sites is 1. The Hall–Kier alpha value is -1.24. The van der Waals surface area contributed by atoms with Crippen LogP contribution >= 0.6 is 0 Å². The quantitative estimate of drug-likeness (QED) is 0.794. The van der Waals surface area contributed by atoms with Crippen molar-refractivity contribution in [2.24, 2.45) is 0 Å². The zero-order valence-corrected chi connectivity index (χ0v) is 10.6. The SMILES string of the molecule is CC1(C)CNc2c(C(F)(F)F)cccc2S1(=O)=O. The van der Waals surface area contributed by atoms with E-state index in [1.807, 2.05) is 0 Å². The van der Waals surface area contributed by atoms with E-state index in [1.165, 1.54) is 19.9 Å². The fourth-order valence-electron chi connectivity index (χ4n) is 1.87. The lowest BCUT2D eigenvalue weighted by molar-refractivity contribution is -0.137. The molecular formula is C11H12F3NO2S. The van der Waals surface area contributed by atoms with Crippen LogP contribution in [0.25, 0.3) is 0 Å². The number of nitrogens with one attached hydrogen (secondary N) is 1. The second-order valence-corrected chi connectivity index (χ2v) is 7.35. The molecule has 3 nitrogen and oxygen atoms in total. The van der Waals surface area contributed by atoms with Gasteiger partial charge in [0, 0.05) is 6.54 Å². The molecule has 0 unspecified atom stereocenters. The Balaban J connectivity index is 2.74. The van der Waals surface area contributed by atoms with Crippen LogP contribution in [0.1, 0.15) is 19.4 Å². The van der Waals surface area contributed by atoms with Gasteiger partial charge in [-0.2, -0.15) is 13.2 Å². The molecule has 1 aliphatic rings. The van der Waals surface area contributed by atoms with Gasteiger partial charge in [-0.3, -0.25) is 0 Å². The lowest BCUT2D eigenvalue weighted by atomic mass is 10.1. The van der Waals surface area contributed by atoms with Gasteiger partial charge in [-0.25, -0.2) is 8.42 Å². The van der Waals surface area contributed by atoms with Gasteiger partial charge in [0.2, 0.25) is 0 Å². The van der Waals surface area contributed by atoms with E-state index in [2.05, 4.69) is 5.32 Å². The Morgan fingerprint density at radius 1 is 1.28 bits per heavy atom. The molecule has 100 valence electrons. The highest BCUT2D eigenvalue weighted by molar-refractivity contribution is 7.93. The maximum atomic E-state index is 12.8. The molecule has 0 bridgehead atoms. The van der Waals surface area contributed by atoms with Crippen molar-refractivity contribution < 1.29 is 21.6 Å². The normalized spacial score (nSPS) is 20.9. The topological polar surface area (TPSA) is 46.2 Å². The molecule has 0 atom stereocenters. The molecule has 7 heteroatoms. The number of rotatable bonds is 0. The summed E-state index contributed by atoms with van der Waals surface area (Å²) in [6.45, 7) is 2.92. The predicted molar refractivity (Wildman–Crippen MR) is 61.2 cm³/mol. The lowest BCUT2D eigenvalue weighted by Crippen LogP contribution is -2.43. The van der Waals surface area contributed by atoms with Crippen LogP contribution in [0.4, 0.5) is 18.9 Å². The minimum Gasteiger partial charge on any atom is -0.382 e. The van der Waals surface area contributed by atoms with Gasteiger partial charge in [-0.05, 0) is 26.0 Å². The standard InChI is InChI=1S/C11H12F3NO2S/c1-10(2)6-15-9-7(11(12,13)14)4-3-5-8(9)18(10,16)17/h3-5,15H,6H2,1-2H3. The van der Waals surface area contributed by atoms with Crippen molar-refractivity contribution in [1.82, 2.24) is 0 Å². The summed E-state index contributed by atoms with van der Waals surface area (Å²) in [5, 5.41) is 2.58. The zero-order valence-electron chi connectivity index (χ0n) is 9.80. The first-order valence-corrected chi connectivity index (χ1v) is 6.74. The number of benzene rings is 1. The van der Waals surface area contributed by atoms with E-state index in [1.54, 1.807) is 0 Å². The molecule has 1 heterocycles. The van der Waals surface area contributed by atoms with Crippen LogP contribution in [-0.4, -0.2) is 19.7 Å². The third-order valence-electron chi connectivity index (χ3n) is 3.04. The second kappa shape index (κ2) is 3.63. The molecule has 0 amide bonds. The average Bonchev–Trinajstić information content (AvgIpc) is 2.22. The average molecular weight is 279 g/mol. The van der Waals surface area contributed by atoms with Crippen LogP contribution in [0, 0.1) is 0 Å². The van der Waals surface area contributed by atoms with E-state index < -0.39 is 26.3 Å². The number of halogens is 3. The summed E-state index contributed by atoms with van der Waals surface area (Å²) in [6.07, 6.45) is -4.57. The van der Waals surface area contributed by atoms with E-state index >= 15 is 0 Å². The predicted octanol–water partition coefficient (Wildman–Crippen LogP) is 2.68. The molecule has 2 rings (SSSR count). The van der Waals surface area contributed by atoms with Gasteiger partial charge in [-0.15, -0.1) is 0 Å². The molecule has 0 saturated carbocycles. The van der Waals surface area contributed by atoms with Crippen LogP contribution in [0.3, 0.4) is 0 Å². The van der Waals surface area contributed by atoms with Gasteiger partial charge < -0.3 is 5.32 Å². The molecule has 0 aromatic heterocycles. The highest BCUT2D eigenvalue weighted by Gasteiger charge is 2.44. The molecule has 0 fully saturated rings. The summed E-state index contributed by atoms with van der Waals surface area (Å²) in [5.41, 5.74) is -1.29. The summed E-state index contributed by atoms with van der Waals surface area (Å²) in [7, 11) is -3.77. The lowest BCUT2D eigenvalue weighted by Gasteiger charge is -2.33. The maximum absolute atomic E-state index is 12.8. The van der Waals surface area contributed by atoms with Crippen molar-refractivity contribution in [3.63, 3.8) is 0 Å². The molecule has 0 aliphatic carbocycles. The smallest absolute Gasteiger partial charge is 0.382 e. The molecule has 1 N–H and O–H groups in total. The van der Waals surface area contributed by atoms with Crippen molar-refractivity contribution in [2.75, 3.05) is 11.9 Å². The zero-order chi connectivity index (χ0) is 13.8. The third-order valence-corrected chi connectivity index (χ3v) is 5.56. The minimum atomic E-state index is -4.57. The van der Waals surface area contributed by atoms with E-state index in [-0.39, 0.29) is 17.1 Å². The van der Waals surface area contributed by atoms with Gasteiger partial charge >= 0.3 is 6.18 Å². The van der Waals surface area contributed by atoms with Gasteiger partial charge in [0.05, 0.1) is 20.9 Å². The molecule has 1 aromatic carbocycles. The molecule has 0 radical (unpaired) electrons. The first kappa shape index (κ1) is 13.2.